The highest BCUT2D eigenvalue weighted by Gasteiger charge is 2.08. The van der Waals surface area contributed by atoms with Gasteiger partial charge in [0.05, 0.1) is 0 Å². The number of nitrogens with zero attached hydrogens (tertiary/aromatic N) is 1. The van der Waals surface area contributed by atoms with Crippen molar-refractivity contribution in [1.29, 1.82) is 0 Å². The van der Waals surface area contributed by atoms with Crippen LogP contribution in [0.3, 0.4) is 0 Å². The van der Waals surface area contributed by atoms with Crippen LogP contribution in [0.25, 0.3) is 0 Å². The highest BCUT2D eigenvalue weighted by Crippen LogP contribution is 2.08. The largest absolute Gasteiger partial charge is 0.313 e. The zero-order valence-corrected chi connectivity index (χ0v) is 11.9. The van der Waals surface area contributed by atoms with Crippen LogP contribution < -0.4 is 5.32 Å². The maximum Gasteiger partial charge on any atom is 0.126 e. The molecular formula is C15H25FN2. The third-order valence-electron chi connectivity index (χ3n) is 3.32. The molecule has 0 fully saturated rings. The first kappa shape index (κ1) is 15.1. The summed E-state index contributed by atoms with van der Waals surface area (Å²) in [6, 6.07) is 7.85. The van der Waals surface area contributed by atoms with Crippen LogP contribution in [0.4, 0.5) is 4.39 Å². The second-order valence-electron chi connectivity index (χ2n) is 5.23. The molecule has 0 saturated carbocycles. The molecule has 1 aromatic carbocycles. The first-order valence-electron chi connectivity index (χ1n) is 6.67. The Hall–Kier alpha value is -0.930. The molecule has 0 saturated heterocycles. The fourth-order valence-electron chi connectivity index (χ4n) is 1.81. The minimum Gasteiger partial charge on any atom is -0.313 e. The Morgan fingerprint density at radius 2 is 1.89 bits per heavy atom. The molecule has 102 valence electrons. The van der Waals surface area contributed by atoms with Gasteiger partial charge in [0.25, 0.3) is 0 Å². The normalized spacial score (nSPS) is 13.3. The minimum atomic E-state index is -0.106. The van der Waals surface area contributed by atoms with Gasteiger partial charge in [-0.05, 0) is 45.9 Å². The van der Waals surface area contributed by atoms with Crippen molar-refractivity contribution in [3.63, 3.8) is 0 Å². The highest BCUT2D eigenvalue weighted by atomic mass is 19.1. The fourth-order valence-corrected chi connectivity index (χ4v) is 1.81. The lowest BCUT2D eigenvalue weighted by Crippen LogP contribution is -2.37. The number of hydrogen-bond acceptors (Lipinski definition) is 2. The van der Waals surface area contributed by atoms with E-state index in [4.69, 9.17) is 0 Å². The fraction of sp³-hybridized carbons (Fsp3) is 0.600. The summed E-state index contributed by atoms with van der Waals surface area (Å²) >= 11 is 0. The van der Waals surface area contributed by atoms with Crippen LogP contribution in [0.5, 0.6) is 0 Å². The molecular weight excluding hydrogens is 227 g/mol. The van der Waals surface area contributed by atoms with Crippen LogP contribution in [-0.4, -0.2) is 37.1 Å². The standard InChI is InChI=1S/C15H25FN2/c1-12(2)18(4)10-9-17-13(3)11-14-7-5-6-8-15(14)16/h5-8,12-13,17H,9-11H2,1-4H3. The van der Waals surface area contributed by atoms with Gasteiger partial charge < -0.3 is 10.2 Å². The highest BCUT2D eigenvalue weighted by molar-refractivity contribution is 5.18. The minimum absolute atomic E-state index is 0.106. The van der Waals surface area contributed by atoms with E-state index in [1.807, 2.05) is 12.1 Å². The molecule has 0 heterocycles. The molecule has 1 atom stereocenters. The zero-order chi connectivity index (χ0) is 13.5. The smallest absolute Gasteiger partial charge is 0.126 e. The Kier molecular flexibility index (Phi) is 6.30. The molecule has 1 aromatic rings. The average Bonchev–Trinajstić information content (AvgIpc) is 2.32. The van der Waals surface area contributed by atoms with Crippen molar-refractivity contribution in [2.45, 2.75) is 39.3 Å². The van der Waals surface area contributed by atoms with E-state index in [-0.39, 0.29) is 5.82 Å². The van der Waals surface area contributed by atoms with Crippen molar-refractivity contribution in [3.05, 3.63) is 35.6 Å². The topological polar surface area (TPSA) is 15.3 Å². The second-order valence-corrected chi connectivity index (χ2v) is 5.23. The van der Waals surface area contributed by atoms with E-state index < -0.39 is 0 Å². The van der Waals surface area contributed by atoms with Gasteiger partial charge in [-0.3, -0.25) is 0 Å². The Morgan fingerprint density at radius 1 is 1.22 bits per heavy atom. The maximum atomic E-state index is 13.5. The summed E-state index contributed by atoms with van der Waals surface area (Å²) in [5.74, 6) is -0.106. The lowest BCUT2D eigenvalue weighted by Gasteiger charge is -2.22. The lowest BCUT2D eigenvalue weighted by atomic mass is 10.1. The van der Waals surface area contributed by atoms with E-state index in [9.17, 15) is 4.39 Å². The van der Waals surface area contributed by atoms with Gasteiger partial charge in [0.1, 0.15) is 5.82 Å². The molecule has 1 rings (SSSR count). The van der Waals surface area contributed by atoms with Crippen LogP contribution in [0, 0.1) is 5.82 Å². The Labute approximate surface area is 110 Å². The van der Waals surface area contributed by atoms with Crippen molar-refractivity contribution < 1.29 is 4.39 Å². The van der Waals surface area contributed by atoms with E-state index in [1.165, 1.54) is 6.07 Å². The molecule has 0 spiro atoms. The molecule has 0 aliphatic heterocycles. The predicted octanol–water partition coefficient (Wildman–Crippen LogP) is 2.69. The quantitative estimate of drug-likeness (QED) is 0.802. The van der Waals surface area contributed by atoms with E-state index >= 15 is 0 Å². The molecule has 0 bridgehead atoms. The number of nitrogens with one attached hydrogen (secondary N) is 1. The summed E-state index contributed by atoms with van der Waals surface area (Å²) in [4.78, 5) is 2.29. The molecule has 3 heteroatoms. The van der Waals surface area contributed by atoms with Crippen molar-refractivity contribution in [1.82, 2.24) is 10.2 Å². The van der Waals surface area contributed by atoms with E-state index in [0.717, 1.165) is 25.1 Å². The van der Waals surface area contributed by atoms with Crippen LogP contribution >= 0.6 is 0 Å². The Bertz CT molecular complexity index is 352. The van der Waals surface area contributed by atoms with Crippen molar-refractivity contribution in [3.8, 4) is 0 Å². The van der Waals surface area contributed by atoms with Gasteiger partial charge in [-0.2, -0.15) is 0 Å². The van der Waals surface area contributed by atoms with Gasteiger partial charge in [-0.1, -0.05) is 18.2 Å². The third kappa shape index (κ3) is 5.15. The van der Waals surface area contributed by atoms with Gasteiger partial charge in [0, 0.05) is 25.2 Å². The first-order valence-corrected chi connectivity index (χ1v) is 6.67. The van der Waals surface area contributed by atoms with E-state index in [2.05, 4.69) is 38.0 Å². The van der Waals surface area contributed by atoms with Gasteiger partial charge in [0.15, 0.2) is 0 Å². The summed E-state index contributed by atoms with van der Waals surface area (Å²) in [6.45, 7) is 8.41. The van der Waals surface area contributed by atoms with Crippen LogP contribution in [0.2, 0.25) is 0 Å². The van der Waals surface area contributed by atoms with Gasteiger partial charge in [0.2, 0.25) is 0 Å². The summed E-state index contributed by atoms with van der Waals surface area (Å²) in [5, 5.41) is 3.44. The molecule has 1 unspecified atom stereocenters. The molecule has 0 amide bonds. The molecule has 0 aromatic heterocycles. The molecule has 0 radical (unpaired) electrons. The SMILES string of the molecule is CC(Cc1ccccc1F)NCCN(C)C(C)C. The number of halogens is 1. The average molecular weight is 252 g/mol. The zero-order valence-electron chi connectivity index (χ0n) is 11.9. The van der Waals surface area contributed by atoms with Crippen molar-refractivity contribution >= 4 is 0 Å². The maximum absolute atomic E-state index is 13.5. The van der Waals surface area contributed by atoms with E-state index in [0.29, 0.717) is 12.1 Å². The van der Waals surface area contributed by atoms with Crippen molar-refractivity contribution in [2.24, 2.45) is 0 Å². The lowest BCUT2D eigenvalue weighted by molar-refractivity contribution is 0.269. The molecule has 0 aliphatic rings. The van der Waals surface area contributed by atoms with Gasteiger partial charge >= 0.3 is 0 Å². The number of hydrogen-bond donors (Lipinski definition) is 1. The Morgan fingerprint density at radius 3 is 2.50 bits per heavy atom. The monoisotopic (exact) mass is 252 g/mol. The summed E-state index contributed by atoms with van der Waals surface area (Å²) in [5.41, 5.74) is 0.787. The third-order valence-corrected chi connectivity index (χ3v) is 3.32. The number of likely N-dealkylation sites (N-methyl/N-ethyl adjacent to an activating group) is 1. The summed E-state index contributed by atoms with van der Waals surface area (Å²) in [6.07, 6.45) is 0.734. The van der Waals surface area contributed by atoms with Crippen LogP contribution in [-0.2, 0) is 6.42 Å². The van der Waals surface area contributed by atoms with Gasteiger partial charge in [-0.25, -0.2) is 4.39 Å². The first-order chi connectivity index (χ1) is 8.50. The second kappa shape index (κ2) is 7.49. The summed E-state index contributed by atoms with van der Waals surface area (Å²) < 4.78 is 13.5. The van der Waals surface area contributed by atoms with E-state index in [1.54, 1.807) is 6.07 Å². The molecule has 0 aliphatic carbocycles. The van der Waals surface area contributed by atoms with Crippen LogP contribution in [0.15, 0.2) is 24.3 Å². The molecule has 1 N–H and O–H groups in total. The number of rotatable bonds is 7. The molecule has 18 heavy (non-hydrogen) atoms. The van der Waals surface area contributed by atoms with Crippen LogP contribution in [0.1, 0.15) is 26.3 Å². The summed E-state index contributed by atoms with van der Waals surface area (Å²) in [7, 11) is 2.12. The number of benzene rings is 1. The predicted molar refractivity (Wildman–Crippen MR) is 75.3 cm³/mol. The Balaban J connectivity index is 2.30. The molecule has 2 nitrogen and oxygen atoms in total. The van der Waals surface area contributed by atoms with Crippen molar-refractivity contribution in [2.75, 3.05) is 20.1 Å². The van der Waals surface area contributed by atoms with Gasteiger partial charge in [-0.15, -0.1) is 0 Å².